The molecule has 0 radical (unpaired) electrons. The Morgan fingerprint density at radius 2 is 1.41 bits per heavy atom. The molecule has 0 amide bonds. The lowest BCUT2D eigenvalue weighted by Crippen LogP contribution is -2.52. The highest BCUT2D eigenvalue weighted by atomic mass is 19.4. The van der Waals surface area contributed by atoms with Crippen LogP contribution in [0.3, 0.4) is 0 Å². The predicted octanol–water partition coefficient (Wildman–Crippen LogP) is 6.05. The summed E-state index contributed by atoms with van der Waals surface area (Å²) in [4.78, 5) is 4.41. The van der Waals surface area contributed by atoms with Crippen molar-refractivity contribution in [3.05, 3.63) is 102 Å². The average molecular weight is 437 g/mol. The van der Waals surface area contributed by atoms with Crippen molar-refractivity contribution < 1.29 is 13.2 Å². The largest absolute Gasteiger partial charge is 0.418 e. The first-order valence-corrected chi connectivity index (χ1v) is 11.2. The molecule has 0 aromatic heterocycles. The van der Waals surface area contributed by atoms with Gasteiger partial charge in [-0.3, -0.25) is 4.90 Å². The predicted molar refractivity (Wildman–Crippen MR) is 122 cm³/mol. The Labute approximate surface area is 187 Å². The first-order chi connectivity index (χ1) is 15.4. The van der Waals surface area contributed by atoms with Gasteiger partial charge in [-0.05, 0) is 42.1 Å². The fourth-order valence-corrected chi connectivity index (χ4v) is 5.90. The Bertz CT molecular complexity index is 1010. The van der Waals surface area contributed by atoms with Crippen LogP contribution in [-0.2, 0) is 6.18 Å². The van der Waals surface area contributed by atoms with Crippen LogP contribution in [0.5, 0.6) is 0 Å². The number of fused-ring (bicyclic) bond motifs is 2. The minimum atomic E-state index is -4.38. The van der Waals surface area contributed by atoms with Crippen LogP contribution >= 0.6 is 0 Å². The van der Waals surface area contributed by atoms with Gasteiger partial charge in [0.1, 0.15) is 0 Å². The van der Waals surface area contributed by atoms with Gasteiger partial charge in [0.25, 0.3) is 0 Å². The first-order valence-electron chi connectivity index (χ1n) is 11.2. The zero-order valence-corrected chi connectivity index (χ0v) is 18.0. The maximum Gasteiger partial charge on any atom is 0.418 e. The molecule has 5 heteroatoms. The highest BCUT2D eigenvalue weighted by molar-refractivity contribution is 5.56. The van der Waals surface area contributed by atoms with Gasteiger partial charge in [0.15, 0.2) is 0 Å². The van der Waals surface area contributed by atoms with Crippen LogP contribution < -0.4 is 4.90 Å². The molecule has 0 spiro atoms. The third kappa shape index (κ3) is 3.69. The van der Waals surface area contributed by atoms with Crippen molar-refractivity contribution >= 4 is 5.69 Å². The smallest absolute Gasteiger partial charge is 0.369 e. The van der Waals surface area contributed by atoms with Crippen molar-refractivity contribution in [1.29, 1.82) is 0 Å². The molecule has 2 saturated heterocycles. The van der Waals surface area contributed by atoms with E-state index in [0.717, 1.165) is 19.5 Å². The molecule has 4 unspecified atom stereocenters. The Morgan fingerprint density at radius 1 is 0.844 bits per heavy atom. The van der Waals surface area contributed by atoms with Crippen molar-refractivity contribution in [3.8, 4) is 0 Å². The third-order valence-electron chi connectivity index (χ3n) is 7.21. The summed E-state index contributed by atoms with van der Waals surface area (Å²) in [5.74, 6) is 0.439. The van der Waals surface area contributed by atoms with Crippen molar-refractivity contribution in [2.45, 2.75) is 30.6 Å². The summed E-state index contributed by atoms with van der Waals surface area (Å²) in [7, 11) is 1.84. The fraction of sp³-hybridized carbons (Fsp3) is 0.333. The quantitative estimate of drug-likeness (QED) is 0.481. The monoisotopic (exact) mass is 436 g/mol. The molecule has 0 aliphatic carbocycles. The molecular formula is C27H27F3N2. The fourth-order valence-electron chi connectivity index (χ4n) is 5.90. The third-order valence-corrected chi connectivity index (χ3v) is 7.21. The molecule has 2 aliphatic heterocycles. The van der Waals surface area contributed by atoms with Crippen molar-refractivity contribution in [3.63, 3.8) is 0 Å². The Hall–Kier alpha value is -2.79. The van der Waals surface area contributed by atoms with Crippen molar-refractivity contribution in [2.75, 3.05) is 25.0 Å². The van der Waals surface area contributed by atoms with Crippen LogP contribution in [0.2, 0.25) is 0 Å². The van der Waals surface area contributed by atoms with Gasteiger partial charge in [0.05, 0.1) is 5.56 Å². The summed E-state index contributed by atoms with van der Waals surface area (Å²) < 4.78 is 41.5. The number of benzene rings is 3. The van der Waals surface area contributed by atoms with Crippen molar-refractivity contribution in [2.24, 2.45) is 5.92 Å². The van der Waals surface area contributed by atoms with Crippen LogP contribution in [0.15, 0.2) is 84.9 Å². The highest BCUT2D eigenvalue weighted by Crippen LogP contribution is 2.47. The SMILES string of the molecule is CN(c1ccccc1C(F)(F)F)C1C2CCN(C2)C1C(c1ccccc1)c1ccccc1. The van der Waals surface area contributed by atoms with Gasteiger partial charge in [-0.15, -0.1) is 0 Å². The first kappa shape index (κ1) is 21.1. The molecule has 166 valence electrons. The Kier molecular flexibility index (Phi) is 5.46. The number of piperidine rings is 1. The van der Waals surface area contributed by atoms with Gasteiger partial charge in [0.2, 0.25) is 0 Å². The second kappa shape index (κ2) is 8.28. The molecule has 3 aromatic carbocycles. The minimum absolute atomic E-state index is 0.00216. The summed E-state index contributed by atoms with van der Waals surface area (Å²) >= 11 is 0. The van der Waals surface area contributed by atoms with E-state index >= 15 is 0 Å². The second-order valence-electron chi connectivity index (χ2n) is 8.95. The maximum absolute atomic E-state index is 13.8. The lowest BCUT2D eigenvalue weighted by molar-refractivity contribution is -0.137. The molecule has 2 bridgehead atoms. The summed E-state index contributed by atoms with van der Waals surface area (Å²) in [5, 5.41) is 0. The van der Waals surface area contributed by atoms with E-state index in [-0.39, 0.29) is 23.7 Å². The number of alkyl halides is 3. The van der Waals surface area contributed by atoms with Gasteiger partial charge in [-0.25, -0.2) is 0 Å². The van der Waals surface area contributed by atoms with Crippen LogP contribution in [0, 0.1) is 5.92 Å². The average Bonchev–Trinajstić information content (AvgIpc) is 3.42. The topological polar surface area (TPSA) is 6.48 Å². The standard InChI is InChI=1S/C27H27F3N2/c1-31(23-15-9-8-14-22(23)27(28,29)30)25-21-16-17-32(18-21)26(25)24(19-10-4-2-5-11-19)20-12-6-3-7-13-20/h2-15,21,24-26H,16-18H2,1H3. The van der Waals surface area contributed by atoms with Crippen LogP contribution in [0.25, 0.3) is 0 Å². The second-order valence-corrected chi connectivity index (χ2v) is 8.95. The Morgan fingerprint density at radius 3 is 2.00 bits per heavy atom. The molecule has 2 nitrogen and oxygen atoms in total. The normalized spacial score (nSPS) is 24.8. The number of anilines is 1. The summed E-state index contributed by atoms with van der Waals surface area (Å²) in [6.45, 7) is 1.93. The number of hydrogen-bond acceptors (Lipinski definition) is 2. The van der Waals surface area contributed by atoms with Gasteiger partial charge < -0.3 is 4.90 Å². The van der Waals surface area contributed by atoms with E-state index in [1.807, 2.05) is 48.3 Å². The van der Waals surface area contributed by atoms with E-state index in [1.54, 1.807) is 12.1 Å². The molecular weight excluding hydrogens is 409 g/mol. The van der Waals surface area contributed by atoms with E-state index in [0.29, 0.717) is 5.92 Å². The molecule has 2 aliphatic rings. The molecule has 2 fully saturated rings. The Balaban J connectivity index is 1.60. The lowest BCUT2D eigenvalue weighted by atomic mass is 9.78. The minimum Gasteiger partial charge on any atom is -0.369 e. The van der Waals surface area contributed by atoms with Crippen LogP contribution in [-0.4, -0.2) is 37.1 Å². The van der Waals surface area contributed by atoms with Crippen LogP contribution in [0.1, 0.15) is 29.0 Å². The molecule has 0 N–H and O–H groups in total. The lowest BCUT2D eigenvalue weighted by Gasteiger charge is -2.44. The number of halogens is 3. The van der Waals surface area contributed by atoms with Gasteiger partial charge >= 0.3 is 6.18 Å². The molecule has 2 heterocycles. The summed E-state index contributed by atoms with van der Waals surface area (Å²) in [5.41, 5.74) is 2.12. The zero-order valence-electron chi connectivity index (χ0n) is 18.0. The highest BCUT2D eigenvalue weighted by Gasteiger charge is 2.52. The van der Waals surface area contributed by atoms with E-state index < -0.39 is 11.7 Å². The van der Waals surface area contributed by atoms with Crippen molar-refractivity contribution in [1.82, 2.24) is 4.90 Å². The number of nitrogens with zero attached hydrogens (tertiary/aromatic N) is 2. The molecule has 4 atom stereocenters. The maximum atomic E-state index is 13.8. The van der Waals surface area contributed by atoms with E-state index in [9.17, 15) is 13.2 Å². The number of para-hydroxylation sites is 1. The van der Waals surface area contributed by atoms with Gasteiger partial charge in [0, 0.05) is 37.3 Å². The number of likely N-dealkylation sites (N-methyl/N-ethyl adjacent to an activating group) is 1. The summed E-state index contributed by atoms with van der Waals surface area (Å²) in [6.07, 6.45) is -3.35. The number of hydrogen-bond donors (Lipinski definition) is 0. The zero-order chi connectivity index (χ0) is 22.3. The van der Waals surface area contributed by atoms with E-state index in [2.05, 4.69) is 29.2 Å². The number of rotatable bonds is 5. The van der Waals surface area contributed by atoms with Gasteiger partial charge in [-0.1, -0.05) is 72.8 Å². The van der Waals surface area contributed by atoms with E-state index in [4.69, 9.17) is 0 Å². The molecule has 32 heavy (non-hydrogen) atoms. The van der Waals surface area contributed by atoms with Gasteiger partial charge in [-0.2, -0.15) is 13.2 Å². The van der Waals surface area contributed by atoms with Crippen LogP contribution in [0.4, 0.5) is 18.9 Å². The molecule has 0 saturated carbocycles. The van der Waals surface area contributed by atoms with E-state index in [1.165, 1.54) is 23.3 Å². The molecule has 5 rings (SSSR count). The summed E-state index contributed by atoms with van der Waals surface area (Å²) in [6, 6.07) is 26.9. The molecule has 3 aromatic rings.